The Morgan fingerprint density at radius 3 is 2.42 bits per heavy atom. The van der Waals surface area contributed by atoms with Crippen LogP contribution in [0.1, 0.15) is 47.7 Å². The maximum Gasteiger partial charge on any atom is 0.253 e. The number of piperidine rings is 1. The SMILES string of the molecule is O=C(NC1CC1)c1ccc(N2CCC([C@@H](O)c3ccccc3)CC2)nc1. The smallest absolute Gasteiger partial charge is 0.253 e. The summed E-state index contributed by atoms with van der Waals surface area (Å²) in [5.41, 5.74) is 1.62. The van der Waals surface area contributed by atoms with Crippen LogP contribution < -0.4 is 10.2 Å². The van der Waals surface area contributed by atoms with Crippen molar-refractivity contribution in [1.29, 1.82) is 0 Å². The van der Waals surface area contributed by atoms with Gasteiger partial charge in [-0.15, -0.1) is 0 Å². The summed E-state index contributed by atoms with van der Waals surface area (Å²) in [6.07, 6.45) is 5.29. The molecule has 5 heteroatoms. The maximum atomic E-state index is 12.0. The van der Waals surface area contributed by atoms with Crippen LogP contribution in [0.3, 0.4) is 0 Å². The van der Waals surface area contributed by atoms with Gasteiger partial charge >= 0.3 is 0 Å². The van der Waals surface area contributed by atoms with Crippen molar-refractivity contribution in [1.82, 2.24) is 10.3 Å². The standard InChI is InChI=1S/C21H25N3O2/c25-20(15-4-2-1-3-5-15)16-10-12-24(13-11-16)19-9-6-17(14-22-19)21(26)23-18-7-8-18/h1-6,9,14,16,18,20,25H,7-8,10-13H2,(H,23,26)/t20-/m0/s1. The zero-order valence-corrected chi connectivity index (χ0v) is 14.8. The molecule has 2 aliphatic rings. The van der Waals surface area contributed by atoms with Gasteiger partial charge in [0.2, 0.25) is 0 Å². The quantitative estimate of drug-likeness (QED) is 0.869. The van der Waals surface area contributed by atoms with Crippen LogP contribution in [0.4, 0.5) is 5.82 Å². The number of aromatic nitrogens is 1. The molecule has 1 aromatic carbocycles. The minimum absolute atomic E-state index is 0.0313. The van der Waals surface area contributed by atoms with Crippen molar-refractivity contribution < 1.29 is 9.90 Å². The average Bonchev–Trinajstić information content (AvgIpc) is 3.52. The second-order valence-corrected chi connectivity index (χ2v) is 7.33. The zero-order chi connectivity index (χ0) is 17.9. The number of aliphatic hydroxyl groups excluding tert-OH is 1. The molecule has 136 valence electrons. The normalized spacial score (nSPS) is 19.2. The molecular formula is C21H25N3O2. The molecule has 0 radical (unpaired) electrons. The van der Waals surface area contributed by atoms with Gasteiger partial charge in [-0.3, -0.25) is 4.79 Å². The highest BCUT2D eigenvalue weighted by atomic mass is 16.3. The summed E-state index contributed by atoms with van der Waals surface area (Å²) in [5, 5.41) is 13.6. The molecule has 0 spiro atoms. The number of carbonyl (C=O) groups excluding carboxylic acids is 1. The van der Waals surface area contributed by atoms with Crippen LogP contribution in [0.25, 0.3) is 0 Å². The molecule has 26 heavy (non-hydrogen) atoms. The summed E-state index contributed by atoms with van der Waals surface area (Å²) < 4.78 is 0. The van der Waals surface area contributed by atoms with Crippen molar-refractivity contribution in [2.75, 3.05) is 18.0 Å². The Bertz CT molecular complexity index is 736. The fourth-order valence-electron chi connectivity index (χ4n) is 3.57. The first-order chi connectivity index (χ1) is 12.7. The third-order valence-electron chi connectivity index (χ3n) is 5.37. The third-order valence-corrected chi connectivity index (χ3v) is 5.37. The van der Waals surface area contributed by atoms with Gasteiger partial charge in [-0.25, -0.2) is 4.98 Å². The number of hydrogen-bond donors (Lipinski definition) is 2. The van der Waals surface area contributed by atoms with E-state index in [0.717, 1.165) is 50.2 Å². The van der Waals surface area contributed by atoms with Crippen LogP contribution in [0.5, 0.6) is 0 Å². The first-order valence-corrected chi connectivity index (χ1v) is 9.45. The van der Waals surface area contributed by atoms with Crippen molar-refractivity contribution in [3.63, 3.8) is 0 Å². The molecule has 2 fully saturated rings. The number of nitrogens with zero attached hydrogens (tertiary/aromatic N) is 2. The monoisotopic (exact) mass is 351 g/mol. The molecule has 1 aliphatic carbocycles. The lowest BCUT2D eigenvalue weighted by Gasteiger charge is -2.35. The highest BCUT2D eigenvalue weighted by Crippen LogP contribution is 2.31. The maximum absolute atomic E-state index is 12.0. The van der Waals surface area contributed by atoms with Gasteiger partial charge in [0.25, 0.3) is 5.91 Å². The molecular weight excluding hydrogens is 326 g/mol. The number of benzene rings is 1. The minimum atomic E-state index is -0.403. The zero-order valence-electron chi connectivity index (χ0n) is 14.8. The van der Waals surface area contributed by atoms with Crippen molar-refractivity contribution in [3.8, 4) is 0 Å². The minimum Gasteiger partial charge on any atom is -0.388 e. The van der Waals surface area contributed by atoms with E-state index < -0.39 is 6.10 Å². The molecule has 0 unspecified atom stereocenters. The molecule has 5 nitrogen and oxygen atoms in total. The van der Waals surface area contributed by atoms with Crippen molar-refractivity contribution >= 4 is 11.7 Å². The Kier molecular flexibility index (Phi) is 4.89. The van der Waals surface area contributed by atoms with Gasteiger partial charge in [0.1, 0.15) is 5.82 Å². The van der Waals surface area contributed by atoms with Crippen LogP contribution >= 0.6 is 0 Å². The number of anilines is 1. The van der Waals surface area contributed by atoms with Gasteiger partial charge in [0.15, 0.2) is 0 Å². The lowest BCUT2D eigenvalue weighted by Crippen LogP contribution is -2.36. The van der Waals surface area contributed by atoms with E-state index in [-0.39, 0.29) is 11.8 Å². The van der Waals surface area contributed by atoms with Gasteiger partial charge in [-0.1, -0.05) is 30.3 Å². The molecule has 0 bridgehead atoms. The fraction of sp³-hybridized carbons (Fsp3) is 0.429. The molecule has 1 aliphatic heterocycles. The van der Waals surface area contributed by atoms with E-state index in [1.54, 1.807) is 6.20 Å². The van der Waals surface area contributed by atoms with E-state index >= 15 is 0 Å². The molecule has 1 aromatic heterocycles. The number of nitrogens with one attached hydrogen (secondary N) is 1. The van der Waals surface area contributed by atoms with Crippen LogP contribution in [-0.4, -0.2) is 35.1 Å². The number of amides is 1. The van der Waals surface area contributed by atoms with E-state index in [0.29, 0.717) is 11.6 Å². The largest absolute Gasteiger partial charge is 0.388 e. The van der Waals surface area contributed by atoms with Crippen molar-refractivity contribution in [2.24, 2.45) is 5.92 Å². The molecule has 4 rings (SSSR count). The van der Waals surface area contributed by atoms with Crippen LogP contribution in [0.15, 0.2) is 48.7 Å². The van der Waals surface area contributed by atoms with Crippen molar-refractivity contribution in [3.05, 3.63) is 59.8 Å². The summed E-state index contributed by atoms with van der Waals surface area (Å²) >= 11 is 0. The second-order valence-electron chi connectivity index (χ2n) is 7.33. The van der Waals surface area contributed by atoms with Crippen LogP contribution in [0.2, 0.25) is 0 Å². The number of aliphatic hydroxyl groups is 1. The van der Waals surface area contributed by atoms with E-state index in [9.17, 15) is 9.90 Å². The van der Waals surface area contributed by atoms with Crippen LogP contribution in [-0.2, 0) is 0 Å². The number of pyridine rings is 1. The van der Waals surface area contributed by atoms with Crippen molar-refractivity contribution in [2.45, 2.75) is 37.8 Å². The van der Waals surface area contributed by atoms with Gasteiger partial charge in [0.05, 0.1) is 11.7 Å². The average molecular weight is 351 g/mol. The Hall–Kier alpha value is -2.40. The van der Waals surface area contributed by atoms with Gasteiger partial charge in [0, 0.05) is 25.3 Å². The Morgan fingerprint density at radius 2 is 1.81 bits per heavy atom. The Morgan fingerprint density at radius 1 is 1.08 bits per heavy atom. The Labute approximate surface area is 154 Å². The van der Waals surface area contributed by atoms with Crippen LogP contribution in [0, 0.1) is 5.92 Å². The first kappa shape index (κ1) is 17.0. The summed E-state index contributed by atoms with van der Waals surface area (Å²) in [6, 6.07) is 14.0. The highest BCUT2D eigenvalue weighted by Gasteiger charge is 2.27. The fourth-order valence-corrected chi connectivity index (χ4v) is 3.57. The van der Waals surface area contributed by atoms with E-state index in [1.165, 1.54) is 0 Å². The lowest BCUT2D eigenvalue weighted by molar-refractivity contribution is 0.0927. The summed E-state index contributed by atoms with van der Waals surface area (Å²) in [7, 11) is 0. The molecule has 1 saturated carbocycles. The molecule has 1 saturated heterocycles. The summed E-state index contributed by atoms with van der Waals surface area (Å²) in [4.78, 5) is 18.8. The van der Waals surface area contributed by atoms with Gasteiger partial charge < -0.3 is 15.3 Å². The third kappa shape index (κ3) is 3.88. The topological polar surface area (TPSA) is 65.5 Å². The highest BCUT2D eigenvalue weighted by molar-refractivity contribution is 5.94. The summed E-state index contributed by atoms with van der Waals surface area (Å²) in [5.74, 6) is 1.15. The molecule has 2 aromatic rings. The molecule has 1 atom stereocenters. The lowest BCUT2D eigenvalue weighted by atomic mass is 9.87. The van der Waals surface area contributed by atoms with E-state index in [1.807, 2.05) is 42.5 Å². The predicted molar refractivity (Wildman–Crippen MR) is 101 cm³/mol. The van der Waals surface area contributed by atoms with Gasteiger partial charge in [-0.2, -0.15) is 0 Å². The molecule has 1 amide bonds. The van der Waals surface area contributed by atoms with E-state index in [4.69, 9.17) is 0 Å². The number of carbonyl (C=O) groups is 1. The molecule has 2 N–H and O–H groups in total. The molecule has 2 heterocycles. The number of hydrogen-bond acceptors (Lipinski definition) is 4. The second kappa shape index (κ2) is 7.46. The van der Waals surface area contributed by atoms with E-state index in [2.05, 4.69) is 15.2 Å². The van der Waals surface area contributed by atoms with Gasteiger partial charge in [-0.05, 0) is 49.3 Å². The number of rotatable bonds is 5. The first-order valence-electron chi connectivity index (χ1n) is 9.45. The Balaban J connectivity index is 1.33. The predicted octanol–water partition coefficient (Wildman–Crippen LogP) is 2.92. The summed E-state index contributed by atoms with van der Waals surface area (Å²) in [6.45, 7) is 1.74.